The minimum atomic E-state index is 0.642. The summed E-state index contributed by atoms with van der Waals surface area (Å²) in [5.41, 5.74) is 2.60. The van der Waals surface area contributed by atoms with E-state index in [1.165, 1.54) is 24.1 Å². The van der Waals surface area contributed by atoms with Gasteiger partial charge >= 0.3 is 0 Å². The standard InChI is InChI=1S/C14H19N5/c1-2-7-15-9-12-10-17-19(14(12)11-5-6-11)13-4-3-8-16-18-13/h3-4,8,10-11,15H,2,5-7,9H2,1H3. The predicted octanol–water partition coefficient (Wildman–Crippen LogP) is 2.04. The molecule has 0 bridgehead atoms. The molecule has 0 amide bonds. The van der Waals surface area contributed by atoms with Gasteiger partial charge in [0, 0.05) is 24.2 Å². The average molecular weight is 257 g/mol. The van der Waals surface area contributed by atoms with Crippen molar-refractivity contribution in [1.82, 2.24) is 25.3 Å². The molecule has 1 aliphatic carbocycles. The third-order valence-electron chi connectivity index (χ3n) is 3.37. The lowest BCUT2D eigenvalue weighted by molar-refractivity contribution is 0.668. The van der Waals surface area contributed by atoms with E-state index >= 15 is 0 Å². The first-order valence-electron chi connectivity index (χ1n) is 6.95. The van der Waals surface area contributed by atoms with E-state index < -0.39 is 0 Å². The van der Waals surface area contributed by atoms with E-state index in [0.29, 0.717) is 5.92 Å². The van der Waals surface area contributed by atoms with Gasteiger partial charge in [0.1, 0.15) is 0 Å². The van der Waals surface area contributed by atoms with Crippen LogP contribution >= 0.6 is 0 Å². The minimum absolute atomic E-state index is 0.642. The van der Waals surface area contributed by atoms with Crippen LogP contribution in [-0.2, 0) is 6.54 Å². The van der Waals surface area contributed by atoms with Crippen molar-refractivity contribution >= 4 is 0 Å². The summed E-state index contributed by atoms with van der Waals surface area (Å²) in [5, 5.41) is 16.1. The first-order chi connectivity index (χ1) is 9.40. The summed E-state index contributed by atoms with van der Waals surface area (Å²) in [7, 11) is 0. The summed E-state index contributed by atoms with van der Waals surface area (Å²) in [5.74, 6) is 1.45. The SMILES string of the molecule is CCCNCc1cnn(-c2cccnn2)c1C1CC1. The molecule has 5 heteroatoms. The zero-order valence-corrected chi connectivity index (χ0v) is 11.2. The lowest BCUT2D eigenvalue weighted by Gasteiger charge is -2.08. The summed E-state index contributed by atoms with van der Waals surface area (Å²) in [6.45, 7) is 4.11. The molecule has 3 rings (SSSR count). The number of nitrogens with zero attached hydrogens (tertiary/aromatic N) is 4. The van der Waals surface area contributed by atoms with E-state index in [1.54, 1.807) is 6.20 Å². The molecule has 0 atom stereocenters. The summed E-state index contributed by atoms with van der Waals surface area (Å²) in [4.78, 5) is 0. The Morgan fingerprint density at radius 3 is 3.00 bits per heavy atom. The first kappa shape index (κ1) is 12.3. The molecular formula is C14H19N5. The van der Waals surface area contributed by atoms with Gasteiger partial charge in [-0.2, -0.15) is 10.2 Å². The van der Waals surface area contributed by atoms with Crippen LogP contribution < -0.4 is 5.32 Å². The third kappa shape index (κ3) is 2.66. The summed E-state index contributed by atoms with van der Waals surface area (Å²) < 4.78 is 1.95. The number of hydrogen-bond acceptors (Lipinski definition) is 4. The highest BCUT2D eigenvalue weighted by molar-refractivity contribution is 5.32. The fraction of sp³-hybridized carbons (Fsp3) is 0.500. The van der Waals surface area contributed by atoms with Crippen LogP contribution in [0.5, 0.6) is 0 Å². The Balaban J connectivity index is 1.88. The van der Waals surface area contributed by atoms with Gasteiger partial charge in [-0.25, -0.2) is 4.68 Å². The zero-order chi connectivity index (χ0) is 13.1. The second-order valence-corrected chi connectivity index (χ2v) is 5.00. The maximum Gasteiger partial charge on any atom is 0.175 e. The fourth-order valence-corrected chi connectivity index (χ4v) is 2.31. The van der Waals surface area contributed by atoms with Gasteiger partial charge in [0.15, 0.2) is 5.82 Å². The highest BCUT2D eigenvalue weighted by Gasteiger charge is 2.30. The van der Waals surface area contributed by atoms with Gasteiger partial charge in [-0.05, 0) is 37.9 Å². The van der Waals surface area contributed by atoms with Gasteiger partial charge in [0.05, 0.1) is 11.9 Å². The molecule has 0 saturated heterocycles. The van der Waals surface area contributed by atoms with Crippen LogP contribution in [0, 0.1) is 0 Å². The molecule has 2 heterocycles. The summed E-state index contributed by atoms with van der Waals surface area (Å²) >= 11 is 0. The molecule has 1 N–H and O–H groups in total. The van der Waals surface area contributed by atoms with Crippen LogP contribution in [0.4, 0.5) is 0 Å². The maximum atomic E-state index is 4.50. The smallest absolute Gasteiger partial charge is 0.175 e. The van der Waals surface area contributed by atoms with Crippen molar-refractivity contribution in [2.24, 2.45) is 0 Å². The molecule has 2 aromatic heterocycles. The molecule has 1 aliphatic rings. The van der Waals surface area contributed by atoms with Gasteiger partial charge in [-0.1, -0.05) is 6.92 Å². The minimum Gasteiger partial charge on any atom is -0.313 e. The monoisotopic (exact) mass is 257 g/mol. The molecule has 1 saturated carbocycles. The Labute approximate surface area is 113 Å². The Morgan fingerprint density at radius 2 is 2.32 bits per heavy atom. The molecule has 100 valence electrons. The van der Waals surface area contributed by atoms with Crippen LogP contribution in [0.3, 0.4) is 0 Å². The van der Waals surface area contributed by atoms with Gasteiger partial charge in [0.25, 0.3) is 0 Å². The number of nitrogens with one attached hydrogen (secondary N) is 1. The molecule has 5 nitrogen and oxygen atoms in total. The molecule has 0 spiro atoms. The molecular weight excluding hydrogens is 238 g/mol. The van der Waals surface area contributed by atoms with Crippen LogP contribution in [0.1, 0.15) is 43.4 Å². The predicted molar refractivity (Wildman–Crippen MR) is 73.1 cm³/mol. The van der Waals surface area contributed by atoms with E-state index in [-0.39, 0.29) is 0 Å². The van der Waals surface area contributed by atoms with Crippen molar-refractivity contribution in [2.75, 3.05) is 6.54 Å². The summed E-state index contributed by atoms with van der Waals surface area (Å²) in [6.07, 6.45) is 7.31. The topological polar surface area (TPSA) is 55.6 Å². The lowest BCUT2D eigenvalue weighted by atomic mass is 10.1. The first-order valence-corrected chi connectivity index (χ1v) is 6.95. The second kappa shape index (κ2) is 5.48. The quantitative estimate of drug-likeness (QED) is 0.805. The van der Waals surface area contributed by atoms with Gasteiger partial charge in [-0.15, -0.1) is 5.10 Å². The van der Waals surface area contributed by atoms with Crippen LogP contribution in [0.15, 0.2) is 24.5 Å². The van der Waals surface area contributed by atoms with Crippen molar-refractivity contribution in [1.29, 1.82) is 0 Å². The van der Waals surface area contributed by atoms with E-state index in [1.807, 2.05) is 23.0 Å². The molecule has 0 aromatic carbocycles. The Kier molecular flexibility index (Phi) is 3.55. The van der Waals surface area contributed by atoms with E-state index in [2.05, 4.69) is 27.5 Å². The van der Waals surface area contributed by atoms with Crippen molar-refractivity contribution in [3.63, 3.8) is 0 Å². The summed E-state index contributed by atoms with van der Waals surface area (Å²) in [6, 6.07) is 3.85. The Hall–Kier alpha value is -1.75. The van der Waals surface area contributed by atoms with E-state index in [9.17, 15) is 0 Å². The molecule has 2 aromatic rings. The van der Waals surface area contributed by atoms with Crippen molar-refractivity contribution in [2.45, 2.75) is 38.6 Å². The van der Waals surface area contributed by atoms with Gasteiger partial charge < -0.3 is 5.32 Å². The molecule has 1 fully saturated rings. The Morgan fingerprint density at radius 1 is 1.42 bits per heavy atom. The number of rotatable bonds is 6. The largest absolute Gasteiger partial charge is 0.313 e. The van der Waals surface area contributed by atoms with Crippen LogP contribution in [-0.4, -0.2) is 26.5 Å². The normalized spacial score (nSPS) is 14.8. The second-order valence-electron chi connectivity index (χ2n) is 5.00. The molecule has 0 radical (unpaired) electrons. The fourth-order valence-electron chi connectivity index (χ4n) is 2.31. The average Bonchev–Trinajstić information content (AvgIpc) is 3.21. The van der Waals surface area contributed by atoms with Gasteiger partial charge in [0.2, 0.25) is 0 Å². The maximum absolute atomic E-state index is 4.50. The highest BCUT2D eigenvalue weighted by Crippen LogP contribution is 2.42. The number of aromatic nitrogens is 4. The van der Waals surface area contributed by atoms with E-state index in [0.717, 1.165) is 25.3 Å². The van der Waals surface area contributed by atoms with E-state index in [4.69, 9.17) is 0 Å². The van der Waals surface area contributed by atoms with Crippen LogP contribution in [0.2, 0.25) is 0 Å². The lowest BCUT2D eigenvalue weighted by Crippen LogP contribution is -2.15. The van der Waals surface area contributed by atoms with Crippen molar-refractivity contribution < 1.29 is 0 Å². The molecule has 0 aliphatic heterocycles. The molecule has 19 heavy (non-hydrogen) atoms. The van der Waals surface area contributed by atoms with Crippen molar-refractivity contribution in [3.8, 4) is 5.82 Å². The van der Waals surface area contributed by atoms with Gasteiger partial charge in [-0.3, -0.25) is 0 Å². The van der Waals surface area contributed by atoms with Crippen LogP contribution in [0.25, 0.3) is 5.82 Å². The third-order valence-corrected chi connectivity index (χ3v) is 3.37. The zero-order valence-electron chi connectivity index (χ0n) is 11.2. The van der Waals surface area contributed by atoms with Crippen molar-refractivity contribution in [3.05, 3.63) is 35.8 Å². The Bertz CT molecular complexity index is 530. The molecule has 0 unspecified atom stereocenters. The highest BCUT2D eigenvalue weighted by atomic mass is 15.3. The number of hydrogen-bond donors (Lipinski definition) is 1.